The smallest absolute Gasteiger partial charge is 0.412 e. The molecule has 1 atom stereocenters. The SMILES string of the molecule is CC(C)(CCO)[C@@H](OC(=O)Nc1ccc(C#N)cc1)c1cccc(OCCO)c1. The van der Waals surface area contributed by atoms with E-state index in [1.54, 1.807) is 42.5 Å². The lowest BCUT2D eigenvalue weighted by Crippen LogP contribution is -2.29. The van der Waals surface area contributed by atoms with E-state index in [0.717, 1.165) is 0 Å². The van der Waals surface area contributed by atoms with Crippen LogP contribution in [-0.2, 0) is 4.74 Å². The highest BCUT2D eigenvalue weighted by Gasteiger charge is 2.34. The molecule has 7 nitrogen and oxygen atoms in total. The van der Waals surface area contributed by atoms with Gasteiger partial charge in [0.2, 0.25) is 0 Å². The van der Waals surface area contributed by atoms with Gasteiger partial charge >= 0.3 is 6.09 Å². The second kappa shape index (κ2) is 10.5. The first-order valence-corrected chi connectivity index (χ1v) is 9.32. The van der Waals surface area contributed by atoms with Gasteiger partial charge in [-0.2, -0.15) is 5.26 Å². The second-order valence-corrected chi connectivity index (χ2v) is 7.21. The molecule has 0 bridgehead atoms. The molecule has 2 aromatic rings. The summed E-state index contributed by atoms with van der Waals surface area (Å²) in [7, 11) is 0. The normalized spacial score (nSPS) is 12.0. The van der Waals surface area contributed by atoms with Gasteiger partial charge in [0, 0.05) is 17.7 Å². The third-order valence-corrected chi connectivity index (χ3v) is 4.47. The molecule has 0 aliphatic heterocycles. The van der Waals surface area contributed by atoms with E-state index in [0.29, 0.717) is 29.0 Å². The highest BCUT2D eigenvalue weighted by Crippen LogP contribution is 2.40. The van der Waals surface area contributed by atoms with Crippen molar-refractivity contribution in [3.63, 3.8) is 0 Å². The molecule has 0 radical (unpaired) electrons. The van der Waals surface area contributed by atoms with Gasteiger partial charge in [-0.25, -0.2) is 4.79 Å². The van der Waals surface area contributed by atoms with Crippen LogP contribution in [0.3, 0.4) is 0 Å². The van der Waals surface area contributed by atoms with E-state index in [4.69, 9.17) is 19.8 Å². The molecule has 0 saturated heterocycles. The summed E-state index contributed by atoms with van der Waals surface area (Å²) < 4.78 is 11.2. The van der Waals surface area contributed by atoms with Crippen molar-refractivity contribution >= 4 is 11.8 Å². The number of ether oxygens (including phenoxy) is 2. The van der Waals surface area contributed by atoms with Gasteiger partial charge in [-0.1, -0.05) is 26.0 Å². The molecule has 0 aliphatic rings. The average Bonchev–Trinajstić information content (AvgIpc) is 2.71. The number of nitriles is 1. The maximum atomic E-state index is 12.5. The molecule has 0 spiro atoms. The number of carbonyl (C=O) groups excluding carboxylic acids is 1. The number of nitrogens with one attached hydrogen (secondary N) is 1. The lowest BCUT2D eigenvalue weighted by Gasteiger charge is -2.34. The predicted molar refractivity (Wildman–Crippen MR) is 109 cm³/mol. The van der Waals surface area contributed by atoms with Crippen LogP contribution < -0.4 is 10.1 Å². The van der Waals surface area contributed by atoms with Crippen LogP contribution >= 0.6 is 0 Å². The van der Waals surface area contributed by atoms with Crippen LogP contribution in [0.25, 0.3) is 0 Å². The minimum Gasteiger partial charge on any atom is -0.491 e. The molecule has 3 N–H and O–H groups in total. The first-order chi connectivity index (χ1) is 13.9. The van der Waals surface area contributed by atoms with Crippen LogP contribution in [-0.4, -0.2) is 36.1 Å². The zero-order valence-corrected chi connectivity index (χ0v) is 16.6. The molecule has 0 heterocycles. The molecule has 1 amide bonds. The predicted octanol–water partition coefficient (Wildman–Crippen LogP) is 3.63. The monoisotopic (exact) mass is 398 g/mol. The largest absolute Gasteiger partial charge is 0.491 e. The quantitative estimate of drug-likeness (QED) is 0.595. The Labute approximate surface area is 170 Å². The Kier molecular flexibility index (Phi) is 8.01. The van der Waals surface area contributed by atoms with E-state index < -0.39 is 17.6 Å². The number of rotatable bonds is 9. The van der Waals surface area contributed by atoms with Crippen LogP contribution in [0.15, 0.2) is 48.5 Å². The number of hydrogen-bond acceptors (Lipinski definition) is 6. The number of nitrogens with zero attached hydrogens (tertiary/aromatic N) is 1. The molecule has 0 fully saturated rings. The Morgan fingerprint density at radius 3 is 2.52 bits per heavy atom. The van der Waals surface area contributed by atoms with Gasteiger partial charge in [-0.05, 0) is 48.4 Å². The number of anilines is 1. The maximum Gasteiger partial charge on any atom is 0.412 e. The molecule has 0 aromatic heterocycles. The standard InChI is InChI=1S/C22H26N2O5/c1-22(2,10-11-25)20(17-4-3-5-19(14-17)28-13-12-26)29-21(27)24-18-8-6-16(15-23)7-9-18/h3-9,14,20,25-26H,10-13H2,1-2H3,(H,24,27)/t20-/m0/s1. The molecule has 154 valence electrons. The van der Waals surface area contributed by atoms with Crippen molar-refractivity contribution in [1.82, 2.24) is 0 Å². The lowest BCUT2D eigenvalue weighted by molar-refractivity contribution is 0.0150. The van der Waals surface area contributed by atoms with Gasteiger partial charge in [0.15, 0.2) is 0 Å². The van der Waals surface area contributed by atoms with Crippen molar-refractivity contribution in [3.8, 4) is 11.8 Å². The van der Waals surface area contributed by atoms with E-state index in [9.17, 15) is 9.90 Å². The number of carbonyl (C=O) groups is 1. The van der Waals surface area contributed by atoms with Gasteiger partial charge in [0.1, 0.15) is 18.5 Å². The summed E-state index contributed by atoms with van der Waals surface area (Å²) >= 11 is 0. The van der Waals surface area contributed by atoms with Crippen molar-refractivity contribution in [1.29, 1.82) is 5.26 Å². The fraction of sp³-hybridized carbons (Fsp3) is 0.364. The first kappa shape index (κ1) is 22.2. The molecule has 29 heavy (non-hydrogen) atoms. The van der Waals surface area contributed by atoms with E-state index in [1.165, 1.54) is 0 Å². The highest BCUT2D eigenvalue weighted by atomic mass is 16.6. The minimum atomic E-state index is -0.647. The first-order valence-electron chi connectivity index (χ1n) is 9.32. The zero-order valence-electron chi connectivity index (χ0n) is 16.6. The van der Waals surface area contributed by atoms with Crippen LogP contribution in [0.5, 0.6) is 5.75 Å². The van der Waals surface area contributed by atoms with Crippen molar-refractivity contribution in [2.75, 3.05) is 25.1 Å². The van der Waals surface area contributed by atoms with Crippen LogP contribution in [0.1, 0.15) is 37.5 Å². The maximum absolute atomic E-state index is 12.5. The van der Waals surface area contributed by atoms with E-state index in [-0.39, 0.29) is 19.8 Å². The molecule has 0 aliphatic carbocycles. The zero-order chi connectivity index (χ0) is 21.3. The molecule has 7 heteroatoms. The fourth-order valence-corrected chi connectivity index (χ4v) is 2.91. The van der Waals surface area contributed by atoms with Crippen molar-refractivity contribution in [3.05, 3.63) is 59.7 Å². The summed E-state index contributed by atoms with van der Waals surface area (Å²) in [6.45, 7) is 3.82. The number of amides is 1. The van der Waals surface area contributed by atoms with Crippen molar-refractivity contribution < 1.29 is 24.5 Å². The topological polar surface area (TPSA) is 112 Å². The van der Waals surface area contributed by atoms with Crippen LogP contribution in [0.4, 0.5) is 10.5 Å². The Hall–Kier alpha value is -3.08. The number of benzene rings is 2. The summed E-state index contributed by atoms with van der Waals surface area (Å²) in [5.74, 6) is 0.553. The van der Waals surface area contributed by atoms with Gasteiger partial charge in [0.05, 0.1) is 18.2 Å². The van der Waals surface area contributed by atoms with Crippen LogP contribution in [0.2, 0.25) is 0 Å². The number of aliphatic hydroxyl groups is 2. The van der Waals surface area contributed by atoms with Crippen molar-refractivity contribution in [2.45, 2.75) is 26.4 Å². The Morgan fingerprint density at radius 1 is 1.17 bits per heavy atom. The molecule has 0 saturated carbocycles. The van der Waals surface area contributed by atoms with Crippen molar-refractivity contribution in [2.24, 2.45) is 5.41 Å². The molecular weight excluding hydrogens is 372 g/mol. The summed E-state index contributed by atoms with van der Waals surface area (Å²) in [6.07, 6.45) is -0.873. The number of hydrogen-bond donors (Lipinski definition) is 3. The van der Waals surface area contributed by atoms with E-state index in [1.807, 2.05) is 26.0 Å². The molecular formula is C22H26N2O5. The fourth-order valence-electron chi connectivity index (χ4n) is 2.91. The lowest BCUT2D eigenvalue weighted by atomic mass is 9.80. The summed E-state index contributed by atoms with van der Waals surface area (Å²) in [5, 5.41) is 29.9. The van der Waals surface area contributed by atoms with Gasteiger partial charge in [0.25, 0.3) is 0 Å². The van der Waals surface area contributed by atoms with E-state index >= 15 is 0 Å². The Bertz CT molecular complexity index is 843. The van der Waals surface area contributed by atoms with Gasteiger partial charge in [-0.15, -0.1) is 0 Å². The van der Waals surface area contributed by atoms with Gasteiger partial charge in [-0.3, -0.25) is 5.32 Å². The van der Waals surface area contributed by atoms with Gasteiger partial charge < -0.3 is 19.7 Å². The third-order valence-electron chi connectivity index (χ3n) is 4.47. The second-order valence-electron chi connectivity index (χ2n) is 7.21. The molecule has 0 unspecified atom stereocenters. The minimum absolute atomic E-state index is 0.0508. The molecule has 2 rings (SSSR count). The molecule has 2 aromatic carbocycles. The summed E-state index contributed by atoms with van der Waals surface area (Å²) in [6, 6.07) is 15.6. The number of aliphatic hydroxyl groups excluding tert-OH is 2. The van der Waals surface area contributed by atoms with E-state index in [2.05, 4.69) is 5.32 Å². The summed E-state index contributed by atoms with van der Waals surface area (Å²) in [5.41, 5.74) is 1.17. The Balaban J connectivity index is 2.21. The highest BCUT2D eigenvalue weighted by molar-refractivity contribution is 5.84. The third kappa shape index (κ3) is 6.49. The Morgan fingerprint density at radius 2 is 1.90 bits per heavy atom. The van der Waals surface area contributed by atoms with Crippen LogP contribution in [0, 0.1) is 16.7 Å². The summed E-state index contributed by atoms with van der Waals surface area (Å²) in [4.78, 5) is 12.5. The average molecular weight is 398 g/mol.